The molecule has 0 fully saturated rings. The summed E-state index contributed by atoms with van der Waals surface area (Å²) >= 11 is 0. The molecule has 2 aliphatic rings. The summed E-state index contributed by atoms with van der Waals surface area (Å²) in [6.45, 7) is 7.42. The number of hydrogen-bond donors (Lipinski definition) is 0. The minimum absolute atomic E-state index is 0.530. The first-order valence-electron chi connectivity index (χ1n) is 14.7. The SMILES string of the molecule is [C-]#[N+]c1ccc(-c2ccc3c(c2)C2(c4ccccc4C=C3)c3ccccc3-c3c2c2ccccc2c2ccccc32)cc1. The Morgan fingerprint density at radius 3 is 1.81 bits per heavy atom. The van der Waals surface area contributed by atoms with Crippen LogP contribution in [0.3, 0.4) is 0 Å². The fourth-order valence-electron chi connectivity index (χ4n) is 7.78. The Hall–Kier alpha value is -5.71. The average Bonchev–Trinajstić information content (AvgIpc) is 3.31. The molecule has 7 aromatic carbocycles. The number of fused-ring (bicyclic) bond motifs is 14. The zero-order valence-corrected chi connectivity index (χ0v) is 23.4. The Morgan fingerprint density at radius 1 is 0.465 bits per heavy atom. The molecule has 9 rings (SSSR count). The van der Waals surface area contributed by atoms with Gasteiger partial charge >= 0.3 is 0 Å². The van der Waals surface area contributed by atoms with Gasteiger partial charge in [0, 0.05) is 0 Å². The molecule has 1 heteroatoms. The van der Waals surface area contributed by atoms with Crippen LogP contribution in [-0.2, 0) is 5.41 Å². The lowest BCUT2D eigenvalue weighted by Gasteiger charge is -2.36. The van der Waals surface area contributed by atoms with Crippen LogP contribution >= 0.6 is 0 Å². The van der Waals surface area contributed by atoms with Gasteiger partial charge in [-0.3, -0.25) is 0 Å². The molecule has 1 spiro atoms. The summed E-state index contributed by atoms with van der Waals surface area (Å²) < 4.78 is 0. The summed E-state index contributed by atoms with van der Waals surface area (Å²) in [5.41, 5.74) is 12.8. The summed E-state index contributed by atoms with van der Waals surface area (Å²) in [4.78, 5) is 3.62. The van der Waals surface area contributed by atoms with Gasteiger partial charge in [0.2, 0.25) is 0 Å². The predicted molar refractivity (Wildman–Crippen MR) is 179 cm³/mol. The molecule has 0 aliphatic heterocycles. The van der Waals surface area contributed by atoms with Gasteiger partial charge < -0.3 is 0 Å². The molecule has 0 aromatic heterocycles. The van der Waals surface area contributed by atoms with Crippen molar-refractivity contribution in [2.45, 2.75) is 5.41 Å². The predicted octanol–water partition coefficient (Wildman–Crippen LogP) is 11.1. The van der Waals surface area contributed by atoms with E-state index in [9.17, 15) is 0 Å². The molecule has 0 bridgehead atoms. The van der Waals surface area contributed by atoms with Crippen molar-refractivity contribution in [1.82, 2.24) is 0 Å². The van der Waals surface area contributed by atoms with Gasteiger partial charge in [-0.2, -0.15) is 0 Å². The Bertz CT molecular complexity index is 2350. The first-order valence-corrected chi connectivity index (χ1v) is 14.7. The molecule has 0 saturated carbocycles. The standard InChI is InChI=1S/C42H25N/c1-43-31-24-22-27(23-25-31)30-21-20-29-19-18-28-10-2-8-16-37(28)42(39(29)26-30)38-17-9-7-15-36(38)40-34-13-5-3-11-32(34)33-12-4-6-14-35(33)41(40)42/h2-26H. The zero-order chi connectivity index (χ0) is 28.5. The summed E-state index contributed by atoms with van der Waals surface area (Å²) in [7, 11) is 0. The van der Waals surface area contributed by atoms with E-state index in [1.54, 1.807) is 0 Å². The summed E-state index contributed by atoms with van der Waals surface area (Å²) in [5, 5.41) is 5.16. The Morgan fingerprint density at radius 2 is 1.05 bits per heavy atom. The van der Waals surface area contributed by atoms with Crippen molar-refractivity contribution in [3.8, 4) is 22.3 Å². The summed E-state index contributed by atoms with van der Waals surface area (Å²) in [6, 6.07) is 50.7. The fourth-order valence-corrected chi connectivity index (χ4v) is 7.78. The van der Waals surface area contributed by atoms with Crippen molar-refractivity contribution in [2.75, 3.05) is 0 Å². The van der Waals surface area contributed by atoms with Gasteiger partial charge in [0.05, 0.1) is 12.0 Å². The van der Waals surface area contributed by atoms with Gasteiger partial charge in [-0.25, -0.2) is 4.85 Å². The molecule has 1 nitrogen and oxygen atoms in total. The van der Waals surface area contributed by atoms with E-state index in [0.717, 1.165) is 11.1 Å². The largest absolute Gasteiger partial charge is 0.238 e. The number of nitrogens with zero attached hydrogens (tertiary/aromatic N) is 1. The second kappa shape index (κ2) is 8.89. The summed E-state index contributed by atoms with van der Waals surface area (Å²) in [5.74, 6) is 0. The molecule has 0 radical (unpaired) electrons. The number of hydrogen-bond acceptors (Lipinski definition) is 0. The van der Waals surface area contributed by atoms with Gasteiger partial charge in [0.1, 0.15) is 0 Å². The van der Waals surface area contributed by atoms with E-state index < -0.39 is 5.41 Å². The lowest BCUT2D eigenvalue weighted by atomic mass is 9.64. The van der Waals surface area contributed by atoms with Crippen molar-refractivity contribution in [3.05, 3.63) is 184 Å². The molecule has 43 heavy (non-hydrogen) atoms. The van der Waals surface area contributed by atoms with E-state index in [1.807, 2.05) is 12.1 Å². The molecule has 7 aromatic rings. The van der Waals surface area contributed by atoms with Gasteiger partial charge in [0.25, 0.3) is 0 Å². The van der Waals surface area contributed by atoms with Crippen LogP contribution < -0.4 is 0 Å². The van der Waals surface area contributed by atoms with Crippen LogP contribution in [0.25, 0.3) is 60.8 Å². The van der Waals surface area contributed by atoms with Crippen molar-refractivity contribution >= 4 is 39.4 Å². The molecule has 0 saturated heterocycles. The van der Waals surface area contributed by atoms with E-state index in [-0.39, 0.29) is 0 Å². The lowest BCUT2D eigenvalue weighted by Crippen LogP contribution is -2.30. The summed E-state index contributed by atoms with van der Waals surface area (Å²) in [6.07, 6.45) is 4.58. The van der Waals surface area contributed by atoms with Crippen molar-refractivity contribution in [1.29, 1.82) is 0 Å². The van der Waals surface area contributed by atoms with Crippen LogP contribution in [0.15, 0.2) is 140 Å². The van der Waals surface area contributed by atoms with Gasteiger partial charge in [-0.1, -0.05) is 146 Å². The molecular weight excluding hydrogens is 518 g/mol. The van der Waals surface area contributed by atoms with Gasteiger partial charge in [0.15, 0.2) is 5.69 Å². The van der Waals surface area contributed by atoms with Crippen molar-refractivity contribution in [3.63, 3.8) is 0 Å². The molecule has 0 heterocycles. The number of rotatable bonds is 1. The lowest BCUT2D eigenvalue weighted by molar-refractivity contribution is 0.774. The second-order valence-corrected chi connectivity index (χ2v) is 11.5. The second-order valence-electron chi connectivity index (χ2n) is 11.5. The van der Waals surface area contributed by atoms with Crippen LogP contribution in [0.5, 0.6) is 0 Å². The Labute approximate surface area is 250 Å². The molecular formula is C42H25N. The molecule has 1 atom stereocenters. The van der Waals surface area contributed by atoms with E-state index in [1.165, 1.54) is 66.1 Å². The molecule has 2 aliphatic carbocycles. The molecule has 1 unspecified atom stereocenters. The van der Waals surface area contributed by atoms with Gasteiger partial charge in [-0.15, -0.1) is 0 Å². The Kier molecular flexibility index (Phi) is 4.95. The van der Waals surface area contributed by atoms with Crippen molar-refractivity contribution < 1.29 is 0 Å². The zero-order valence-electron chi connectivity index (χ0n) is 23.4. The van der Waals surface area contributed by atoms with E-state index in [2.05, 4.69) is 144 Å². The van der Waals surface area contributed by atoms with Crippen LogP contribution in [0.1, 0.15) is 33.4 Å². The third-order valence-electron chi connectivity index (χ3n) is 9.50. The first kappa shape index (κ1) is 23.9. The van der Waals surface area contributed by atoms with Crippen LogP contribution in [0, 0.1) is 6.57 Å². The van der Waals surface area contributed by atoms with E-state index >= 15 is 0 Å². The maximum absolute atomic E-state index is 7.42. The van der Waals surface area contributed by atoms with Crippen LogP contribution in [-0.4, -0.2) is 0 Å². The Balaban J connectivity index is 1.51. The monoisotopic (exact) mass is 543 g/mol. The highest BCUT2D eigenvalue weighted by atomic mass is 14.6. The molecule has 0 amide bonds. The molecule has 198 valence electrons. The first-order chi connectivity index (χ1) is 21.3. The normalized spacial score (nSPS) is 15.9. The van der Waals surface area contributed by atoms with Gasteiger partial charge in [-0.05, 0) is 83.2 Å². The van der Waals surface area contributed by atoms with Crippen LogP contribution in [0.4, 0.5) is 5.69 Å². The quantitative estimate of drug-likeness (QED) is 0.143. The highest BCUT2D eigenvalue weighted by Crippen LogP contribution is 2.62. The highest BCUT2D eigenvalue weighted by Gasteiger charge is 2.50. The maximum atomic E-state index is 7.42. The van der Waals surface area contributed by atoms with Crippen LogP contribution in [0.2, 0.25) is 0 Å². The van der Waals surface area contributed by atoms with E-state index in [0.29, 0.717) is 5.69 Å². The average molecular weight is 544 g/mol. The highest BCUT2D eigenvalue weighted by molar-refractivity contribution is 6.19. The van der Waals surface area contributed by atoms with Crippen molar-refractivity contribution in [2.24, 2.45) is 0 Å². The third kappa shape index (κ3) is 3.16. The minimum atomic E-state index is -0.530. The number of benzene rings is 7. The smallest absolute Gasteiger partial charge is 0.187 e. The molecule has 0 N–H and O–H groups in total. The minimum Gasteiger partial charge on any atom is -0.238 e. The third-order valence-corrected chi connectivity index (χ3v) is 9.50. The fraction of sp³-hybridized carbons (Fsp3) is 0.0238. The van der Waals surface area contributed by atoms with E-state index in [4.69, 9.17) is 6.57 Å². The topological polar surface area (TPSA) is 4.36 Å². The maximum Gasteiger partial charge on any atom is 0.187 e.